The van der Waals surface area contributed by atoms with Gasteiger partial charge in [0, 0.05) is 37.5 Å². The van der Waals surface area contributed by atoms with Crippen molar-refractivity contribution in [1.82, 2.24) is 9.78 Å². The van der Waals surface area contributed by atoms with E-state index in [-0.39, 0.29) is 18.3 Å². The fourth-order valence-corrected chi connectivity index (χ4v) is 2.94. The lowest BCUT2D eigenvalue weighted by molar-refractivity contribution is -0.0519. The number of hydrogen-bond donors (Lipinski definition) is 1. The number of nitrogens with two attached hydrogens (primary N) is 1. The summed E-state index contributed by atoms with van der Waals surface area (Å²) in [5, 5.41) is 4.19. The van der Waals surface area contributed by atoms with Gasteiger partial charge < -0.3 is 5.73 Å². The van der Waals surface area contributed by atoms with Gasteiger partial charge in [0.05, 0.1) is 6.20 Å². The summed E-state index contributed by atoms with van der Waals surface area (Å²) in [6.07, 6.45) is 2.51. The second-order valence-electron chi connectivity index (χ2n) is 5.14. The summed E-state index contributed by atoms with van der Waals surface area (Å²) in [5.41, 5.74) is 7.62. The molecule has 0 aromatic carbocycles. The van der Waals surface area contributed by atoms with Crippen LogP contribution in [0.2, 0.25) is 0 Å². The van der Waals surface area contributed by atoms with Gasteiger partial charge in [-0.3, -0.25) is 4.68 Å². The first kappa shape index (κ1) is 12.5. The van der Waals surface area contributed by atoms with Crippen LogP contribution in [0, 0.1) is 6.92 Å². The van der Waals surface area contributed by atoms with E-state index in [4.69, 9.17) is 5.73 Å². The molecule has 1 heterocycles. The highest BCUT2D eigenvalue weighted by atomic mass is 19.3. The first-order chi connectivity index (χ1) is 7.90. The Hall–Kier alpha value is -0.970. The molecule has 1 aliphatic carbocycles. The van der Waals surface area contributed by atoms with Crippen LogP contribution >= 0.6 is 0 Å². The molecule has 1 aromatic rings. The molecule has 0 radical (unpaired) electrons. The number of nitrogens with zero attached hydrogens (tertiary/aromatic N) is 2. The number of halogens is 2. The molecular weight excluding hydrogens is 224 g/mol. The second kappa shape index (κ2) is 4.05. The maximum Gasteiger partial charge on any atom is 0.248 e. The average Bonchev–Trinajstić information content (AvgIpc) is 2.61. The molecule has 1 aliphatic rings. The molecule has 1 saturated carbocycles. The van der Waals surface area contributed by atoms with E-state index in [1.807, 2.05) is 14.0 Å². The molecule has 0 saturated heterocycles. The number of rotatable bonds is 2. The first-order valence-electron chi connectivity index (χ1n) is 5.97. The minimum atomic E-state index is -2.52. The van der Waals surface area contributed by atoms with Crippen molar-refractivity contribution < 1.29 is 8.78 Å². The minimum Gasteiger partial charge on any atom is -0.330 e. The topological polar surface area (TPSA) is 43.8 Å². The van der Waals surface area contributed by atoms with E-state index in [0.717, 1.165) is 11.3 Å². The van der Waals surface area contributed by atoms with Crippen molar-refractivity contribution in [2.45, 2.75) is 43.9 Å². The predicted octanol–water partition coefficient (Wildman–Crippen LogP) is 2.13. The van der Waals surface area contributed by atoms with Crippen molar-refractivity contribution in [3.8, 4) is 0 Å². The van der Waals surface area contributed by atoms with Gasteiger partial charge in [0.25, 0.3) is 0 Å². The quantitative estimate of drug-likeness (QED) is 0.864. The highest BCUT2D eigenvalue weighted by Crippen LogP contribution is 2.45. The zero-order valence-corrected chi connectivity index (χ0v) is 10.3. The largest absolute Gasteiger partial charge is 0.330 e. The molecule has 0 spiro atoms. The number of alkyl halides is 2. The summed E-state index contributed by atoms with van der Waals surface area (Å²) in [7, 11) is 1.85. The molecule has 1 aromatic heterocycles. The smallest absolute Gasteiger partial charge is 0.248 e. The summed E-state index contributed by atoms with van der Waals surface area (Å²) < 4.78 is 28.3. The van der Waals surface area contributed by atoms with Crippen LogP contribution in [0.15, 0.2) is 6.20 Å². The Morgan fingerprint density at radius 2 is 1.94 bits per heavy atom. The SMILES string of the molecule is Cc1cnn(C)c1C1(CN)CCC(F)(F)CC1. The number of hydrogen-bond acceptors (Lipinski definition) is 2. The molecule has 0 unspecified atom stereocenters. The third kappa shape index (κ3) is 2.08. The standard InChI is InChI=1S/C12H19F2N3/c1-9-7-16-17(2)10(9)11(8-15)3-5-12(13,14)6-4-11/h7H,3-6,8,15H2,1-2H3. The Kier molecular flexibility index (Phi) is 2.97. The third-order valence-electron chi connectivity index (χ3n) is 3.95. The molecule has 0 aliphatic heterocycles. The number of aromatic nitrogens is 2. The van der Waals surface area contributed by atoms with Crippen LogP contribution < -0.4 is 5.73 Å². The number of aryl methyl sites for hydroxylation is 2. The van der Waals surface area contributed by atoms with Crippen LogP contribution in [-0.2, 0) is 12.5 Å². The van der Waals surface area contributed by atoms with Crippen molar-refractivity contribution in [2.24, 2.45) is 12.8 Å². The molecule has 0 bridgehead atoms. The predicted molar refractivity (Wildman–Crippen MR) is 62.1 cm³/mol. The molecular formula is C12H19F2N3. The van der Waals surface area contributed by atoms with Gasteiger partial charge >= 0.3 is 0 Å². The zero-order valence-electron chi connectivity index (χ0n) is 10.3. The summed E-state index contributed by atoms with van der Waals surface area (Å²) in [4.78, 5) is 0. The van der Waals surface area contributed by atoms with Crippen LogP contribution in [0.1, 0.15) is 36.9 Å². The minimum absolute atomic E-state index is 0.0746. The van der Waals surface area contributed by atoms with Crippen LogP contribution in [0.3, 0.4) is 0 Å². The van der Waals surface area contributed by atoms with E-state index < -0.39 is 5.92 Å². The molecule has 3 nitrogen and oxygen atoms in total. The van der Waals surface area contributed by atoms with E-state index >= 15 is 0 Å². The Labute approximate surface area is 100.0 Å². The molecule has 0 amide bonds. The average molecular weight is 243 g/mol. The molecule has 5 heteroatoms. The van der Waals surface area contributed by atoms with Crippen LogP contribution in [0.5, 0.6) is 0 Å². The van der Waals surface area contributed by atoms with Crippen molar-refractivity contribution >= 4 is 0 Å². The third-order valence-corrected chi connectivity index (χ3v) is 3.95. The van der Waals surface area contributed by atoms with Gasteiger partial charge in [-0.2, -0.15) is 5.10 Å². The van der Waals surface area contributed by atoms with Gasteiger partial charge in [0.15, 0.2) is 0 Å². The first-order valence-corrected chi connectivity index (χ1v) is 5.97. The monoisotopic (exact) mass is 243 g/mol. The Morgan fingerprint density at radius 3 is 2.35 bits per heavy atom. The molecule has 1 fully saturated rings. The zero-order chi connectivity index (χ0) is 12.7. The van der Waals surface area contributed by atoms with Gasteiger partial charge in [-0.1, -0.05) is 0 Å². The molecule has 17 heavy (non-hydrogen) atoms. The van der Waals surface area contributed by atoms with Gasteiger partial charge in [0.2, 0.25) is 5.92 Å². The van der Waals surface area contributed by atoms with Crippen molar-refractivity contribution in [1.29, 1.82) is 0 Å². The summed E-state index contributed by atoms with van der Waals surface area (Å²) >= 11 is 0. The lowest BCUT2D eigenvalue weighted by Gasteiger charge is -2.39. The maximum atomic E-state index is 13.3. The molecule has 96 valence electrons. The summed E-state index contributed by atoms with van der Waals surface area (Å²) in [5.74, 6) is -2.52. The fourth-order valence-electron chi connectivity index (χ4n) is 2.94. The second-order valence-corrected chi connectivity index (χ2v) is 5.14. The Morgan fingerprint density at radius 1 is 1.35 bits per heavy atom. The lowest BCUT2D eigenvalue weighted by Crippen LogP contribution is -2.43. The van der Waals surface area contributed by atoms with Gasteiger partial charge in [-0.15, -0.1) is 0 Å². The maximum absolute atomic E-state index is 13.3. The van der Waals surface area contributed by atoms with Crippen molar-refractivity contribution in [2.75, 3.05) is 6.54 Å². The van der Waals surface area contributed by atoms with Crippen LogP contribution in [0.25, 0.3) is 0 Å². The Balaban J connectivity index is 2.34. The molecule has 2 rings (SSSR count). The van der Waals surface area contributed by atoms with Gasteiger partial charge in [0.1, 0.15) is 0 Å². The summed E-state index contributed by atoms with van der Waals surface area (Å²) in [6, 6.07) is 0. The van der Waals surface area contributed by atoms with E-state index in [9.17, 15) is 8.78 Å². The van der Waals surface area contributed by atoms with Gasteiger partial charge in [-0.25, -0.2) is 8.78 Å². The fraction of sp³-hybridized carbons (Fsp3) is 0.750. The van der Waals surface area contributed by atoms with Crippen molar-refractivity contribution in [3.63, 3.8) is 0 Å². The summed E-state index contributed by atoms with van der Waals surface area (Å²) in [6.45, 7) is 2.37. The molecule has 2 N–H and O–H groups in total. The Bertz CT molecular complexity index is 382. The van der Waals surface area contributed by atoms with Gasteiger partial charge in [-0.05, 0) is 25.3 Å². The normalized spacial score (nSPS) is 22.6. The van der Waals surface area contributed by atoms with Crippen LogP contribution in [0.4, 0.5) is 8.78 Å². The van der Waals surface area contributed by atoms with Crippen LogP contribution in [-0.4, -0.2) is 22.2 Å². The van der Waals surface area contributed by atoms with Crippen molar-refractivity contribution in [3.05, 3.63) is 17.5 Å². The van der Waals surface area contributed by atoms with E-state index in [1.54, 1.807) is 10.9 Å². The highest BCUT2D eigenvalue weighted by Gasteiger charge is 2.45. The lowest BCUT2D eigenvalue weighted by atomic mass is 9.69. The van der Waals surface area contributed by atoms with E-state index in [2.05, 4.69) is 5.10 Å². The van der Waals surface area contributed by atoms with E-state index in [1.165, 1.54) is 0 Å². The molecule has 0 atom stereocenters. The van der Waals surface area contributed by atoms with E-state index in [0.29, 0.717) is 19.4 Å². The highest BCUT2D eigenvalue weighted by molar-refractivity contribution is 5.27.